The maximum absolute atomic E-state index is 9.85. The fourth-order valence-corrected chi connectivity index (χ4v) is 1.63. The number of H-pyrrole nitrogens is 1. The Hall–Kier alpha value is -1.48. The summed E-state index contributed by atoms with van der Waals surface area (Å²) in [6, 6.07) is 5.13. The highest BCUT2D eigenvalue weighted by Gasteiger charge is 2.07. The quantitative estimate of drug-likeness (QED) is 0.809. The van der Waals surface area contributed by atoms with Crippen molar-refractivity contribution in [2.24, 2.45) is 0 Å². The highest BCUT2D eigenvalue weighted by Crippen LogP contribution is 2.27. The Labute approximate surface area is 95.0 Å². The van der Waals surface area contributed by atoms with Crippen LogP contribution in [0.1, 0.15) is 11.0 Å². The molecule has 3 heteroatoms. The van der Waals surface area contributed by atoms with Crippen molar-refractivity contribution in [3.8, 4) is 5.75 Å². The first kappa shape index (κ1) is 6.18. The van der Waals surface area contributed by atoms with Gasteiger partial charge in [-0.1, -0.05) is 6.07 Å². The molecule has 2 rings (SSSR count). The van der Waals surface area contributed by atoms with E-state index in [-0.39, 0.29) is 12.2 Å². The van der Waals surface area contributed by atoms with Gasteiger partial charge in [0.1, 0.15) is 5.75 Å². The molecule has 1 heterocycles. The van der Waals surface area contributed by atoms with E-state index in [4.69, 9.17) is 5.48 Å². The van der Waals surface area contributed by atoms with E-state index in [0.29, 0.717) is 5.39 Å². The summed E-state index contributed by atoms with van der Waals surface area (Å²) in [5.41, 5.74) is 1.52. The molecule has 2 N–H and O–H groups in total. The minimum Gasteiger partial charge on any atom is -0.507 e. The maximum Gasteiger partial charge on any atom is 0.125 e. The van der Waals surface area contributed by atoms with Crippen LogP contribution in [0.3, 0.4) is 0 Å². The molecule has 0 aliphatic rings. The van der Waals surface area contributed by atoms with Crippen molar-refractivity contribution in [2.75, 3.05) is 20.5 Å². The molecule has 0 fully saturated rings. The van der Waals surface area contributed by atoms with Crippen molar-refractivity contribution < 1.29 is 10.6 Å². The molecule has 1 unspecified atom stereocenters. The lowest BCUT2D eigenvalue weighted by atomic mass is 10.1. The molecule has 80 valence electrons. The van der Waals surface area contributed by atoms with Gasteiger partial charge in [0.15, 0.2) is 0 Å². The first-order valence-corrected chi connectivity index (χ1v) is 4.74. The van der Waals surface area contributed by atoms with Crippen molar-refractivity contribution in [3.05, 3.63) is 30.0 Å². The lowest BCUT2D eigenvalue weighted by Crippen LogP contribution is -2.14. The summed E-state index contributed by atoms with van der Waals surface area (Å²) in [6.07, 6.45) is 1.94. The number of phenols is 1. The van der Waals surface area contributed by atoms with E-state index in [1.165, 1.54) is 7.05 Å². The Balaban J connectivity index is 2.27. The average Bonchev–Trinajstić information content (AvgIpc) is 2.71. The van der Waals surface area contributed by atoms with Crippen LogP contribution in [-0.2, 0) is 6.42 Å². The van der Waals surface area contributed by atoms with E-state index in [1.54, 1.807) is 18.3 Å². The number of hydrogen-bond acceptors (Lipinski definition) is 2. The average molecular weight is 208 g/mol. The van der Waals surface area contributed by atoms with Crippen molar-refractivity contribution >= 4 is 10.9 Å². The molecule has 0 saturated carbocycles. The third-order valence-electron chi connectivity index (χ3n) is 2.35. The van der Waals surface area contributed by atoms with Gasteiger partial charge in [0, 0.05) is 29.1 Å². The molecule has 0 aliphatic heterocycles. The third-order valence-corrected chi connectivity index (χ3v) is 2.35. The second kappa shape index (κ2) is 3.95. The highest BCUT2D eigenvalue weighted by molar-refractivity contribution is 5.88. The van der Waals surface area contributed by atoms with Crippen LogP contribution in [0.4, 0.5) is 0 Å². The van der Waals surface area contributed by atoms with Crippen LogP contribution in [0.2, 0.25) is 0 Å². The Morgan fingerprint density at radius 3 is 3.27 bits per heavy atom. The van der Waals surface area contributed by atoms with Gasteiger partial charge in [0.25, 0.3) is 0 Å². The molecule has 2 aromatic rings. The van der Waals surface area contributed by atoms with Crippen LogP contribution >= 0.6 is 0 Å². The number of aryl methyl sites for hydroxylation is 1. The van der Waals surface area contributed by atoms with Crippen LogP contribution < -0.4 is 0 Å². The summed E-state index contributed by atoms with van der Waals surface area (Å²) in [7, 11) is 1.40. The number of likely N-dealkylation sites (N-methyl/N-ethyl adjacent to an activating group) is 1. The number of aromatic nitrogens is 1. The lowest BCUT2D eigenvalue weighted by molar-refractivity contribution is 0.414. The summed E-state index contributed by atoms with van der Waals surface area (Å²) in [4.78, 5) is 4.04. The second-order valence-electron chi connectivity index (χ2n) is 3.51. The fraction of sp³-hybridized carbons (Fsp3) is 0.333. The topological polar surface area (TPSA) is 39.3 Å². The van der Waals surface area contributed by atoms with Gasteiger partial charge >= 0.3 is 0 Å². The van der Waals surface area contributed by atoms with E-state index in [0.717, 1.165) is 16.0 Å². The third kappa shape index (κ3) is 1.97. The van der Waals surface area contributed by atoms with E-state index in [1.807, 2.05) is 6.07 Å². The van der Waals surface area contributed by atoms with E-state index < -0.39 is 13.5 Å². The number of aromatic amines is 1. The van der Waals surface area contributed by atoms with Gasteiger partial charge in [-0.25, -0.2) is 0 Å². The standard InChI is InChI=1S/C12H16N2O/c1-14(2)7-6-9-8-13-10-4-3-5-11(15)12(9)10/h3-5,8,13,15H,6-7H2,1-2H3/i1D3,7D. The van der Waals surface area contributed by atoms with Gasteiger partial charge in [-0.2, -0.15) is 0 Å². The molecule has 0 radical (unpaired) electrons. The number of fused-ring (bicyclic) bond motifs is 1. The van der Waals surface area contributed by atoms with Crippen molar-refractivity contribution in [3.63, 3.8) is 0 Å². The Morgan fingerprint density at radius 2 is 2.47 bits per heavy atom. The van der Waals surface area contributed by atoms with Crippen molar-refractivity contribution in [2.45, 2.75) is 6.42 Å². The number of hydrogen-bond donors (Lipinski definition) is 2. The molecule has 1 aromatic heterocycles. The number of nitrogens with one attached hydrogen (secondary N) is 1. The van der Waals surface area contributed by atoms with Gasteiger partial charge < -0.3 is 15.0 Å². The number of rotatable bonds is 3. The molecular formula is C12H16N2O. The van der Waals surface area contributed by atoms with Gasteiger partial charge in [0.2, 0.25) is 0 Å². The van der Waals surface area contributed by atoms with Crippen LogP contribution in [0.25, 0.3) is 10.9 Å². The largest absolute Gasteiger partial charge is 0.507 e. The lowest BCUT2D eigenvalue weighted by Gasteiger charge is -2.08. The molecule has 0 aliphatic carbocycles. The summed E-state index contributed by atoms with van der Waals surface area (Å²) >= 11 is 0. The predicted molar refractivity (Wildman–Crippen MR) is 62.2 cm³/mol. The molecule has 15 heavy (non-hydrogen) atoms. The van der Waals surface area contributed by atoms with E-state index >= 15 is 0 Å². The predicted octanol–water partition coefficient (Wildman–Crippen LogP) is 1.98. The molecular weight excluding hydrogens is 188 g/mol. The van der Waals surface area contributed by atoms with Gasteiger partial charge in [0.05, 0.1) is 0 Å². The maximum atomic E-state index is 9.85. The zero-order chi connectivity index (χ0) is 14.2. The van der Waals surface area contributed by atoms with Gasteiger partial charge in [-0.3, -0.25) is 0 Å². The zero-order valence-electron chi connectivity index (χ0n) is 12.5. The zero-order valence-corrected chi connectivity index (χ0v) is 8.49. The Kier molecular flexibility index (Phi) is 1.63. The van der Waals surface area contributed by atoms with Crippen LogP contribution in [0.5, 0.6) is 5.75 Å². The minimum absolute atomic E-state index is 0.137. The van der Waals surface area contributed by atoms with Gasteiger partial charge in [-0.15, -0.1) is 0 Å². The highest BCUT2D eigenvalue weighted by atomic mass is 16.3. The normalized spacial score (nSPS) is 18.3. The minimum atomic E-state index is -2.29. The first-order chi connectivity index (χ1) is 8.80. The SMILES string of the molecule is [2H]C(Cc1c[nH]c2cccc(O)c12)N(C)C([2H])([2H])[2H]. The van der Waals surface area contributed by atoms with Crippen LogP contribution in [0, 0.1) is 0 Å². The summed E-state index contributed by atoms with van der Waals surface area (Å²) < 4.78 is 29.8. The monoisotopic (exact) mass is 208 g/mol. The molecule has 1 aromatic carbocycles. The summed E-state index contributed by atoms with van der Waals surface area (Å²) in [6.45, 7) is -3.19. The Bertz CT molecular complexity index is 579. The summed E-state index contributed by atoms with van der Waals surface area (Å²) in [5.74, 6) is 0.137. The van der Waals surface area contributed by atoms with Crippen LogP contribution in [-0.4, -0.2) is 35.5 Å². The van der Waals surface area contributed by atoms with Crippen molar-refractivity contribution in [1.82, 2.24) is 9.88 Å². The Morgan fingerprint density at radius 1 is 1.60 bits per heavy atom. The molecule has 0 saturated heterocycles. The first-order valence-electron chi connectivity index (χ1n) is 6.81. The number of benzene rings is 1. The second-order valence-corrected chi connectivity index (χ2v) is 3.51. The van der Waals surface area contributed by atoms with Crippen LogP contribution in [0.15, 0.2) is 24.4 Å². The fourth-order valence-electron chi connectivity index (χ4n) is 1.63. The van der Waals surface area contributed by atoms with Crippen molar-refractivity contribution in [1.29, 1.82) is 0 Å². The molecule has 1 atom stereocenters. The molecule has 0 spiro atoms. The smallest absolute Gasteiger partial charge is 0.125 e. The number of aromatic hydroxyl groups is 1. The van der Waals surface area contributed by atoms with Gasteiger partial charge in [-0.05, 0) is 38.1 Å². The summed E-state index contributed by atoms with van der Waals surface area (Å²) in [5, 5.41) is 10.5. The molecule has 3 nitrogen and oxygen atoms in total. The van der Waals surface area contributed by atoms with E-state index in [9.17, 15) is 5.11 Å². The number of phenolic OH excluding ortho intramolecular Hbond substituents is 1. The number of nitrogens with zero attached hydrogens (tertiary/aromatic N) is 1. The van der Waals surface area contributed by atoms with E-state index in [2.05, 4.69) is 4.98 Å². The molecule has 0 amide bonds. The molecule has 0 bridgehead atoms.